The topological polar surface area (TPSA) is 8.17 Å². The summed E-state index contributed by atoms with van der Waals surface area (Å²) in [6, 6.07) is 88.5. The Morgan fingerprint density at radius 3 is 1.48 bits per heavy atom. The van der Waals surface area contributed by atoms with E-state index in [1.807, 2.05) is 0 Å². The van der Waals surface area contributed by atoms with Crippen molar-refractivity contribution in [2.24, 2.45) is 0 Å². The van der Waals surface area contributed by atoms with Crippen LogP contribution in [0.5, 0.6) is 0 Å². The van der Waals surface area contributed by atoms with E-state index < -0.39 is 0 Å². The van der Waals surface area contributed by atoms with Crippen LogP contribution in [0.15, 0.2) is 243 Å². The highest BCUT2D eigenvalue weighted by atomic mass is 15.1. The molecule has 290 valence electrons. The Bertz CT molecular complexity index is 3580. The monoisotopic (exact) mass is 788 g/mol. The van der Waals surface area contributed by atoms with Gasteiger partial charge in [-0.3, -0.25) is 0 Å². The fourth-order valence-electron chi connectivity index (χ4n) is 9.66. The van der Waals surface area contributed by atoms with Gasteiger partial charge in [-0.15, -0.1) is 0 Å². The molecule has 0 N–H and O–H groups in total. The van der Waals surface area contributed by atoms with E-state index in [4.69, 9.17) is 0 Å². The molecule has 12 aromatic rings. The first-order valence-corrected chi connectivity index (χ1v) is 21.3. The van der Waals surface area contributed by atoms with E-state index in [1.54, 1.807) is 0 Å². The standard InChI is InChI=1S/C60H40N2/c1-2-16-44-39-45(30-29-41(44)15-1)42-31-35-47(36-32-42)61(58-26-12-10-24-55(58)56-40-46-17-3-4-18-49(46)51-20-5-6-21-52(51)56)48-37-33-43(34-38-48)50-19-7-11-25-57(50)62-59-27-13-8-22-53(59)54-23-9-14-28-60(54)62/h1-40H. The van der Waals surface area contributed by atoms with E-state index in [9.17, 15) is 0 Å². The maximum absolute atomic E-state index is 2.42. The van der Waals surface area contributed by atoms with Crippen LogP contribution in [0.25, 0.3) is 93.2 Å². The van der Waals surface area contributed by atoms with Crippen molar-refractivity contribution in [1.82, 2.24) is 4.57 Å². The molecular weight excluding hydrogens is 749 g/mol. The summed E-state index contributed by atoms with van der Waals surface area (Å²) in [7, 11) is 0. The molecular formula is C60H40N2. The highest BCUT2D eigenvalue weighted by molar-refractivity contribution is 6.15. The van der Waals surface area contributed by atoms with Crippen LogP contribution in [-0.2, 0) is 0 Å². The lowest BCUT2D eigenvalue weighted by Gasteiger charge is -2.29. The van der Waals surface area contributed by atoms with Crippen LogP contribution in [0.4, 0.5) is 17.1 Å². The van der Waals surface area contributed by atoms with E-state index in [1.165, 1.54) is 81.9 Å². The van der Waals surface area contributed by atoms with Crippen molar-refractivity contribution in [1.29, 1.82) is 0 Å². The summed E-state index contributed by atoms with van der Waals surface area (Å²) >= 11 is 0. The predicted octanol–water partition coefficient (Wildman–Crippen LogP) is 16.7. The van der Waals surface area contributed by atoms with Crippen LogP contribution >= 0.6 is 0 Å². The third-order valence-electron chi connectivity index (χ3n) is 12.6. The van der Waals surface area contributed by atoms with Gasteiger partial charge in [0.25, 0.3) is 0 Å². The Kier molecular flexibility index (Phi) is 8.53. The number of hydrogen-bond donors (Lipinski definition) is 0. The summed E-state index contributed by atoms with van der Waals surface area (Å²) in [6.45, 7) is 0. The molecule has 0 radical (unpaired) electrons. The van der Waals surface area contributed by atoms with Gasteiger partial charge in [-0.1, -0.05) is 182 Å². The Labute approximate surface area is 360 Å². The first-order chi connectivity index (χ1) is 30.8. The molecule has 11 aromatic carbocycles. The molecule has 2 nitrogen and oxygen atoms in total. The number of hydrogen-bond acceptors (Lipinski definition) is 1. The number of benzene rings is 11. The van der Waals surface area contributed by atoms with Crippen LogP contribution in [0.3, 0.4) is 0 Å². The largest absolute Gasteiger partial charge is 0.310 e. The molecule has 0 aliphatic rings. The lowest BCUT2D eigenvalue weighted by Crippen LogP contribution is -2.11. The number of rotatable bonds is 7. The fraction of sp³-hybridized carbons (Fsp3) is 0. The molecule has 0 aliphatic heterocycles. The minimum absolute atomic E-state index is 1.08. The van der Waals surface area contributed by atoms with Crippen molar-refractivity contribution in [3.05, 3.63) is 243 Å². The minimum atomic E-state index is 1.08. The van der Waals surface area contributed by atoms with Crippen molar-refractivity contribution in [2.75, 3.05) is 4.90 Å². The molecule has 0 atom stereocenters. The Morgan fingerprint density at radius 2 is 0.774 bits per heavy atom. The molecule has 0 bridgehead atoms. The van der Waals surface area contributed by atoms with E-state index in [2.05, 4.69) is 252 Å². The lowest BCUT2D eigenvalue weighted by atomic mass is 9.92. The summed E-state index contributed by atoms with van der Waals surface area (Å²) in [5.74, 6) is 0. The van der Waals surface area contributed by atoms with Gasteiger partial charge in [-0.2, -0.15) is 0 Å². The van der Waals surface area contributed by atoms with Gasteiger partial charge < -0.3 is 9.47 Å². The van der Waals surface area contributed by atoms with Crippen LogP contribution in [0.1, 0.15) is 0 Å². The second-order valence-corrected chi connectivity index (χ2v) is 16.1. The van der Waals surface area contributed by atoms with Crippen molar-refractivity contribution in [3.8, 4) is 39.1 Å². The first-order valence-electron chi connectivity index (χ1n) is 21.3. The predicted molar refractivity (Wildman–Crippen MR) is 264 cm³/mol. The highest BCUT2D eigenvalue weighted by Gasteiger charge is 2.21. The van der Waals surface area contributed by atoms with Crippen LogP contribution in [-0.4, -0.2) is 4.57 Å². The second-order valence-electron chi connectivity index (χ2n) is 16.1. The third-order valence-corrected chi connectivity index (χ3v) is 12.6. The van der Waals surface area contributed by atoms with E-state index >= 15 is 0 Å². The number of nitrogens with zero attached hydrogens (tertiary/aromatic N) is 2. The molecule has 0 aliphatic carbocycles. The molecule has 0 saturated heterocycles. The zero-order valence-corrected chi connectivity index (χ0v) is 34.0. The minimum Gasteiger partial charge on any atom is -0.310 e. The first kappa shape index (κ1) is 35.7. The number of fused-ring (bicyclic) bond motifs is 7. The summed E-state index contributed by atoms with van der Waals surface area (Å²) in [5.41, 5.74) is 14.0. The lowest BCUT2D eigenvalue weighted by molar-refractivity contribution is 1.18. The van der Waals surface area contributed by atoms with Gasteiger partial charge in [0.1, 0.15) is 0 Å². The van der Waals surface area contributed by atoms with Crippen LogP contribution in [0.2, 0.25) is 0 Å². The normalized spacial score (nSPS) is 11.5. The van der Waals surface area contributed by atoms with E-state index in [-0.39, 0.29) is 0 Å². The number of aromatic nitrogens is 1. The summed E-state index contributed by atoms with van der Waals surface area (Å²) in [4.78, 5) is 2.42. The van der Waals surface area contributed by atoms with Crippen molar-refractivity contribution >= 4 is 71.2 Å². The zero-order chi connectivity index (χ0) is 41.0. The second kappa shape index (κ2) is 14.8. The van der Waals surface area contributed by atoms with Crippen molar-refractivity contribution in [2.45, 2.75) is 0 Å². The molecule has 0 unspecified atom stereocenters. The molecule has 0 saturated carbocycles. The molecule has 0 amide bonds. The Hall–Kier alpha value is -8.20. The maximum Gasteiger partial charge on any atom is 0.0541 e. The molecule has 1 aromatic heterocycles. The maximum atomic E-state index is 2.42. The Morgan fingerprint density at radius 1 is 0.274 bits per heavy atom. The highest BCUT2D eigenvalue weighted by Crippen LogP contribution is 2.45. The zero-order valence-electron chi connectivity index (χ0n) is 34.0. The average Bonchev–Trinajstić information content (AvgIpc) is 3.68. The number of para-hydroxylation sites is 4. The van der Waals surface area contributed by atoms with Crippen molar-refractivity contribution < 1.29 is 0 Å². The van der Waals surface area contributed by atoms with Gasteiger partial charge in [0.15, 0.2) is 0 Å². The molecule has 62 heavy (non-hydrogen) atoms. The molecule has 2 heteroatoms. The van der Waals surface area contributed by atoms with Gasteiger partial charge in [0.2, 0.25) is 0 Å². The van der Waals surface area contributed by atoms with Crippen LogP contribution < -0.4 is 4.90 Å². The van der Waals surface area contributed by atoms with Gasteiger partial charge >= 0.3 is 0 Å². The average molecular weight is 789 g/mol. The van der Waals surface area contributed by atoms with Gasteiger partial charge in [0, 0.05) is 33.3 Å². The molecule has 1 heterocycles. The Balaban J connectivity index is 1.02. The summed E-state index contributed by atoms with van der Waals surface area (Å²) < 4.78 is 2.42. The van der Waals surface area contributed by atoms with E-state index in [0.717, 1.165) is 28.3 Å². The summed E-state index contributed by atoms with van der Waals surface area (Å²) in [5, 5.41) is 10.00. The van der Waals surface area contributed by atoms with Crippen molar-refractivity contribution in [3.63, 3.8) is 0 Å². The van der Waals surface area contributed by atoms with Gasteiger partial charge in [-0.25, -0.2) is 0 Å². The number of anilines is 3. The smallest absolute Gasteiger partial charge is 0.0541 e. The summed E-state index contributed by atoms with van der Waals surface area (Å²) in [6.07, 6.45) is 0. The fourth-order valence-corrected chi connectivity index (χ4v) is 9.66. The van der Waals surface area contributed by atoms with Gasteiger partial charge in [-0.05, 0) is 115 Å². The molecule has 0 fully saturated rings. The van der Waals surface area contributed by atoms with Gasteiger partial charge in [0.05, 0.1) is 22.4 Å². The van der Waals surface area contributed by atoms with E-state index in [0.29, 0.717) is 0 Å². The molecule has 12 rings (SSSR count). The quantitative estimate of drug-likeness (QED) is 0.146. The SMILES string of the molecule is c1ccc(N(c2ccc(-c3ccc4ccccc4c3)cc2)c2ccc(-c3ccccc3-n3c4ccccc4c4ccccc43)cc2)c(-c2cc3ccccc3c3ccccc23)c1. The third kappa shape index (κ3) is 5.96. The van der Waals surface area contributed by atoms with Crippen LogP contribution in [0, 0.1) is 0 Å². The molecule has 0 spiro atoms.